The fourth-order valence-electron chi connectivity index (χ4n) is 3.91. The van der Waals surface area contributed by atoms with E-state index in [9.17, 15) is 14.7 Å². The van der Waals surface area contributed by atoms with E-state index in [1.807, 2.05) is 18.0 Å². The van der Waals surface area contributed by atoms with E-state index in [-0.39, 0.29) is 36.3 Å². The first-order valence-corrected chi connectivity index (χ1v) is 8.97. The highest BCUT2D eigenvalue weighted by Crippen LogP contribution is 2.50. The number of carbonyl (C=O) groups is 1. The van der Waals surface area contributed by atoms with Gasteiger partial charge in [0.05, 0.1) is 7.11 Å². The smallest absolute Gasteiger partial charge is 0.350 e. The lowest BCUT2D eigenvalue weighted by atomic mass is 9.87. The molecule has 1 aromatic heterocycles. The fourth-order valence-corrected chi connectivity index (χ4v) is 3.91. The third-order valence-electron chi connectivity index (χ3n) is 5.26. The molecule has 3 heterocycles. The van der Waals surface area contributed by atoms with Crippen molar-refractivity contribution in [1.29, 1.82) is 0 Å². The van der Waals surface area contributed by atoms with E-state index in [0.717, 1.165) is 24.1 Å². The van der Waals surface area contributed by atoms with Crippen molar-refractivity contribution in [3.8, 4) is 23.0 Å². The van der Waals surface area contributed by atoms with Crippen LogP contribution in [0.2, 0.25) is 0 Å². The number of ether oxygens (including phenoxy) is 3. The monoisotopic (exact) mass is 387 g/mol. The van der Waals surface area contributed by atoms with Crippen LogP contribution in [0.3, 0.4) is 0 Å². The van der Waals surface area contributed by atoms with E-state index >= 15 is 0 Å². The number of likely N-dealkylation sites (N-methyl/N-ethyl adjacent to an activating group) is 1. The van der Waals surface area contributed by atoms with E-state index in [2.05, 4.69) is 0 Å². The van der Waals surface area contributed by atoms with Crippen LogP contribution >= 0.6 is 0 Å². The number of methoxy groups -OCH3 is 1. The molecule has 1 N–H and O–H groups in total. The molecular formula is C20H21NO7. The first-order chi connectivity index (χ1) is 13.4. The summed E-state index contributed by atoms with van der Waals surface area (Å²) in [5.41, 5.74) is 0.687. The Morgan fingerprint density at radius 3 is 2.86 bits per heavy atom. The Morgan fingerprint density at radius 2 is 2.14 bits per heavy atom. The van der Waals surface area contributed by atoms with Crippen LogP contribution in [0.15, 0.2) is 21.3 Å². The van der Waals surface area contributed by atoms with Crippen LogP contribution in [0, 0.1) is 6.92 Å². The molecule has 0 saturated carbocycles. The van der Waals surface area contributed by atoms with Crippen molar-refractivity contribution in [3.63, 3.8) is 0 Å². The van der Waals surface area contributed by atoms with Crippen molar-refractivity contribution in [2.45, 2.75) is 25.8 Å². The first kappa shape index (κ1) is 18.4. The second kappa shape index (κ2) is 6.87. The van der Waals surface area contributed by atoms with E-state index in [0.29, 0.717) is 17.2 Å². The van der Waals surface area contributed by atoms with Crippen molar-refractivity contribution in [1.82, 2.24) is 4.90 Å². The molecule has 8 heteroatoms. The molecule has 1 atom stereocenters. The third kappa shape index (κ3) is 2.90. The predicted molar refractivity (Wildman–Crippen MR) is 98.5 cm³/mol. The molecule has 1 aromatic carbocycles. The first-order valence-electron chi connectivity index (χ1n) is 8.97. The van der Waals surface area contributed by atoms with E-state index in [4.69, 9.17) is 18.6 Å². The van der Waals surface area contributed by atoms with E-state index < -0.39 is 11.4 Å². The van der Waals surface area contributed by atoms with Crippen molar-refractivity contribution in [2.24, 2.45) is 0 Å². The van der Waals surface area contributed by atoms with Gasteiger partial charge in [0.15, 0.2) is 17.3 Å². The van der Waals surface area contributed by atoms with E-state index in [1.54, 1.807) is 7.11 Å². The lowest BCUT2D eigenvalue weighted by molar-refractivity contribution is 0.0918. The Balaban J connectivity index is 1.76. The Hall–Kier alpha value is -3.00. The molecule has 0 radical (unpaired) electrons. The van der Waals surface area contributed by atoms with Gasteiger partial charge in [0.1, 0.15) is 17.1 Å². The van der Waals surface area contributed by atoms with Gasteiger partial charge in [-0.2, -0.15) is 0 Å². The summed E-state index contributed by atoms with van der Waals surface area (Å²) in [5, 5.41) is 10.1. The highest BCUT2D eigenvalue weighted by Gasteiger charge is 2.36. The number of aryl methyl sites for hydroxylation is 1. The highest BCUT2D eigenvalue weighted by atomic mass is 16.7. The predicted octanol–water partition coefficient (Wildman–Crippen LogP) is 2.19. The van der Waals surface area contributed by atoms with Gasteiger partial charge in [-0.3, -0.25) is 9.69 Å². The number of nitrogens with zero attached hydrogens (tertiary/aromatic N) is 1. The van der Waals surface area contributed by atoms with Gasteiger partial charge in [-0.15, -0.1) is 0 Å². The standard InChI is InChI=1S/C20H21NO7/c1-10-6-13(22)17(20(24)28-10)14(23)8-12-16-11(4-5-21(12)2)7-15-18(19(16)25-3)27-9-26-15/h6-7,12,22H,4-5,8-9H2,1-3H3. The normalized spacial score (nSPS) is 18.0. The average Bonchev–Trinajstić information content (AvgIpc) is 3.09. The second-order valence-corrected chi connectivity index (χ2v) is 6.99. The lowest BCUT2D eigenvalue weighted by Gasteiger charge is -2.35. The summed E-state index contributed by atoms with van der Waals surface area (Å²) in [7, 11) is 3.45. The number of hydrogen-bond donors (Lipinski definition) is 1. The number of benzene rings is 1. The number of ketones is 1. The summed E-state index contributed by atoms with van der Waals surface area (Å²) in [5.74, 6) is 1.07. The fraction of sp³-hybridized carbons (Fsp3) is 0.400. The number of hydrogen-bond acceptors (Lipinski definition) is 8. The topological polar surface area (TPSA) is 98.4 Å². The molecule has 0 saturated heterocycles. The van der Waals surface area contributed by atoms with Gasteiger partial charge in [0.2, 0.25) is 12.5 Å². The minimum atomic E-state index is -0.834. The zero-order chi connectivity index (χ0) is 20.0. The zero-order valence-electron chi connectivity index (χ0n) is 15.9. The molecule has 28 heavy (non-hydrogen) atoms. The molecule has 0 fully saturated rings. The van der Waals surface area contributed by atoms with Crippen molar-refractivity contribution >= 4 is 5.78 Å². The molecule has 8 nitrogen and oxygen atoms in total. The Kier molecular flexibility index (Phi) is 4.50. The van der Waals surface area contributed by atoms with Crippen LogP contribution < -0.4 is 19.8 Å². The van der Waals surface area contributed by atoms with Crippen LogP contribution in [0.1, 0.15) is 39.7 Å². The van der Waals surface area contributed by atoms with Crippen LogP contribution in [0.5, 0.6) is 23.0 Å². The van der Waals surface area contributed by atoms with Crippen molar-refractivity contribution in [2.75, 3.05) is 27.5 Å². The van der Waals surface area contributed by atoms with Crippen LogP contribution in [0.25, 0.3) is 0 Å². The van der Waals surface area contributed by atoms with Gasteiger partial charge >= 0.3 is 5.63 Å². The third-order valence-corrected chi connectivity index (χ3v) is 5.26. The van der Waals surface area contributed by atoms with Gasteiger partial charge in [-0.25, -0.2) is 4.79 Å². The molecule has 0 aliphatic carbocycles. The number of carbonyl (C=O) groups excluding carboxylic acids is 1. The van der Waals surface area contributed by atoms with Gasteiger partial charge in [0, 0.05) is 30.6 Å². The Bertz CT molecular complexity index is 1010. The summed E-state index contributed by atoms with van der Waals surface area (Å²) >= 11 is 0. The highest BCUT2D eigenvalue weighted by molar-refractivity contribution is 5.98. The Morgan fingerprint density at radius 1 is 1.36 bits per heavy atom. The van der Waals surface area contributed by atoms with Crippen LogP contribution in [-0.4, -0.2) is 43.3 Å². The summed E-state index contributed by atoms with van der Waals surface area (Å²) < 4.78 is 21.6. The Labute approximate surface area is 161 Å². The van der Waals surface area contributed by atoms with Gasteiger partial charge in [-0.1, -0.05) is 0 Å². The number of aromatic hydroxyl groups is 1. The average molecular weight is 387 g/mol. The SMILES string of the molecule is COc1c2c(cc3c1C(CC(=O)c1c(O)cc(C)oc1=O)N(C)CC3)OCO2. The molecule has 2 aromatic rings. The molecule has 2 aliphatic rings. The maximum atomic E-state index is 12.9. The van der Waals surface area contributed by atoms with Crippen LogP contribution in [-0.2, 0) is 6.42 Å². The van der Waals surface area contributed by atoms with Crippen LogP contribution in [0.4, 0.5) is 0 Å². The molecule has 0 bridgehead atoms. The molecule has 2 aliphatic heterocycles. The zero-order valence-corrected chi connectivity index (χ0v) is 15.9. The lowest BCUT2D eigenvalue weighted by Crippen LogP contribution is -2.34. The molecule has 1 unspecified atom stereocenters. The van der Waals surface area contributed by atoms with Gasteiger partial charge in [-0.05, 0) is 32.0 Å². The number of fused-ring (bicyclic) bond motifs is 2. The quantitative estimate of drug-likeness (QED) is 0.798. The van der Waals surface area contributed by atoms with Crippen molar-refractivity contribution in [3.05, 3.63) is 45.0 Å². The van der Waals surface area contributed by atoms with Gasteiger partial charge < -0.3 is 23.7 Å². The largest absolute Gasteiger partial charge is 0.507 e. The minimum Gasteiger partial charge on any atom is -0.507 e. The maximum absolute atomic E-state index is 12.9. The molecule has 0 amide bonds. The summed E-state index contributed by atoms with van der Waals surface area (Å²) in [6.07, 6.45) is 0.752. The summed E-state index contributed by atoms with van der Waals surface area (Å²) in [6, 6.07) is 2.84. The van der Waals surface area contributed by atoms with Crippen molar-refractivity contribution < 1.29 is 28.5 Å². The maximum Gasteiger partial charge on any atom is 0.350 e. The molecule has 0 spiro atoms. The molecular weight excluding hydrogens is 366 g/mol. The number of rotatable bonds is 4. The summed E-state index contributed by atoms with van der Waals surface area (Å²) in [4.78, 5) is 27.1. The van der Waals surface area contributed by atoms with E-state index in [1.165, 1.54) is 13.0 Å². The minimum absolute atomic E-state index is 0.0130. The molecule has 148 valence electrons. The second-order valence-electron chi connectivity index (χ2n) is 6.99. The summed E-state index contributed by atoms with van der Waals surface area (Å²) in [6.45, 7) is 2.38. The van der Waals surface area contributed by atoms with Gasteiger partial charge in [0.25, 0.3) is 0 Å². The molecule has 4 rings (SSSR count). The number of Topliss-reactive ketones (excluding diaryl/α,β-unsaturated/α-hetero) is 1.